The highest BCUT2D eigenvalue weighted by Gasteiger charge is 2.27. The first-order chi connectivity index (χ1) is 8.36. The highest BCUT2D eigenvalue weighted by molar-refractivity contribution is 7.87. The Hall–Kier alpha value is -0.210. The van der Waals surface area contributed by atoms with Crippen molar-refractivity contribution < 1.29 is 8.42 Å². The molecule has 0 spiro atoms. The van der Waals surface area contributed by atoms with Crippen LogP contribution in [0.25, 0.3) is 0 Å². The molecule has 1 unspecified atom stereocenters. The lowest BCUT2D eigenvalue weighted by atomic mass is 10.2. The summed E-state index contributed by atoms with van der Waals surface area (Å²) in [6.45, 7) is 9.73. The van der Waals surface area contributed by atoms with Crippen molar-refractivity contribution in [1.82, 2.24) is 13.9 Å². The fraction of sp³-hybridized carbons (Fsp3) is 1.00. The number of nitrogens with one attached hydrogen (secondary N) is 1. The first kappa shape index (κ1) is 15.8. The van der Waals surface area contributed by atoms with Crippen molar-refractivity contribution in [2.45, 2.75) is 26.8 Å². The largest absolute Gasteiger partial charge is 0.329 e. The van der Waals surface area contributed by atoms with Gasteiger partial charge in [-0.05, 0) is 12.8 Å². The molecule has 0 aromatic heterocycles. The zero-order chi connectivity index (χ0) is 13.8. The summed E-state index contributed by atoms with van der Waals surface area (Å²) in [6, 6.07) is 0.318. The van der Waals surface area contributed by atoms with E-state index < -0.39 is 10.2 Å². The van der Waals surface area contributed by atoms with Gasteiger partial charge in [-0.1, -0.05) is 13.8 Å². The van der Waals surface area contributed by atoms with Gasteiger partial charge in [-0.15, -0.1) is 0 Å². The molecule has 1 aliphatic heterocycles. The van der Waals surface area contributed by atoms with Gasteiger partial charge in [-0.2, -0.15) is 12.7 Å². The second kappa shape index (κ2) is 6.81. The van der Waals surface area contributed by atoms with Crippen LogP contribution in [-0.4, -0.2) is 62.9 Å². The summed E-state index contributed by atoms with van der Waals surface area (Å²) in [5, 5.41) is 0. The summed E-state index contributed by atoms with van der Waals surface area (Å²) in [7, 11) is -3.31. The number of piperazine rings is 1. The minimum atomic E-state index is -3.31. The molecule has 3 N–H and O–H groups in total. The molecule has 0 aromatic carbocycles. The molecule has 0 radical (unpaired) electrons. The molecule has 1 saturated heterocycles. The minimum Gasteiger partial charge on any atom is -0.329 e. The maximum absolute atomic E-state index is 12.0. The standard InChI is InChI=1S/C11H26N4O2S/c1-10(2)9-13-18(16,17)15-6-4-14(5-7-15)11(3)8-12/h10-11,13H,4-9,12H2,1-3H3. The normalized spacial score (nSPS) is 21.4. The summed E-state index contributed by atoms with van der Waals surface area (Å²) in [5.74, 6) is 0.318. The Balaban J connectivity index is 2.46. The van der Waals surface area contributed by atoms with Gasteiger partial charge < -0.3 is 5.73 Å². The van der Waals surface area contributed by atoms with Crippen LogP contribution in [0.4, 0.5) is 0 Å². The van der Waals surface area contributed by atoms with Crippen LogP contribution >= 0.6 is 0 Å². The smallest absolute Gasteiger partial charge is 0.279 e. The Labute approximate surface area is 111 Å². The molecule has 0 saturated carbocycles. The summed E-state index contributed by atoms with van der Waals surface area (Å²) >= 11 is 0. The number of hydrogen-bond acceptors (Lipinski definition) is 4. The van der Waals surface area contributed by atoms with E-state index in [1.54, 1.807) is 0 Å². The first-order valence-electron chi connectivity index (χ1n) is 6.55. The lowest BCUT2D eigenvalue weighted by molar-refractivity contribution is 0.148. The van der Waals surface area contributed by atoms with E-state index in [1.165, 1.54) is 4.31 Å². The lowest BCUT2D eigenvalue weighted by Crippen LogP contribution is -2.55. The first-order valence-corrected chi connectivity index (χ1v) is 7.99. The van der Waals surface area contributed by atoms with Gasteiger partial charge in [0.25, 0.3) is 10.2 Å². The van der Waals surface area contributed by atoms with Crippen LogP contribution in [0.5, 0.6) is 0 Å². The quantitative estimate of drug-likeness (QED) is 0.683. The van der Waals surface area contributed by atoms with E-state index >= 15 is 0 Å². The molecule has 0 amide bonds. The number of nitrogens with zero attached hydrogens (tertiary/aromatic N) is 2. The zero-order valence-corrected chi connectivity index (χ0v) is 12.4. The number of nitrogens with two attached hydrogens (primary N) is 1. The molecule has 1 heterocycles. The van der Waals surface area contributed by atoms with Gasteiger partial charge >= 0.3 is 0 Å². The van der Waals surface area contributed by atoms with Gasteiger partial charge in [-0.3, -0.25) is 4.90 Å². The predicted molar refractivity (Wildman–Crippen MR) is 73.4 cm³/mol. The van der Waals surface area contributed by atoms with Crippen LogP contribution < -0.4 is 10.5 Å². The van der Waals surface area contributed by atoms with E-state index in [1.807, 2.05) is 13.8 Å². The third kappa shape index (κ3) is 4.47. The molecule has 7 heteroatoms. The van der Waals surface area contributed by atoms with Crippen molar-refractivity contribution in [3.8, 4) is 0 Å². The molecule has 0 aromatic rings. The van der Waals surface area contributed by atoms with E-state index in [2.05, 4.69) is 16.5 Å². The third-order valence-electron chi connectivity index (χ3n) is 3.25. The Kier molecular flexibility index (Phi) is 6.00. The van der Waals surface area contributed by atoms with Gasteiger partial charge in [0.1, 0.15) is 0 Å². The molecular formula is C11H26N4O2S. The third-order valence-corrected chi connectivity index (χ3v) is 4.83. The van der Waals surface area contributed by atoms with E-state index in [9.17, 15) is 8.42 Å². The molecule has 1 atom stereocenters. The molecule has 1 fully saturated rings. The highest BCUT2D eigenvalue weighted by Crippen LogP contribution is 2.09. The maximum atomic E-state index is 12.0. The average molecular weight is 278 g/mol. The summed E-state index contributed by atoms with van der Waals surface area (Å²) in [5.41, 5.74) is 5.62. The topological polar surface area (TPSA) is 78.7 Å². The molecule has 0 bridgehead atoms. The fourth-order valence-corrected chi connectivity index (χ4v) is 3.27. The molecular weight excluding hydrogens is 252 g/mol. The van der Waals surface area contributed by atoms with Crippen LogP contribution in [0.1, 0.15) is 20.8 Å². The lowest BCUT2D eigenvalue weighted by Gasteiger charge is -2.37. The highest BCUT2D eigenvalue weighted by atomic mass is 32.2. The van der Waals surface area contributed by atoms with Crippen molar-refractivity contribution in [2.75, 3.05) is 39.3 Å². The summed E-state index contributed by atoms with van der Waals surface area (Å²) in [4.78, 5) is 2.23. The Morgan fingerprint density at radius 2 is 1.72 bits per heavy atom. The van der Waals surface area contributed by atoms with Crippen molar-refractivity contribution >= 4 is 10.2 Å². The van der Waals surface area contributed by atoms with Crippen LogP contribution in [0, 0.1) is 5.92 Å². The van der Waals surface area contributed by atoms with Gasteiger partial charge in [-0.25, -0.2) is 4.72 Å². The van der Waals surface area contributed by atoms with Gasteiger partial charge in [0.2, 0.25) is 0 Å². The van der Waals surface area contributed by atoms with E-state index in [-0.39, 0.29) is 0 Å². The fourth-order valence-electron chi connectivity index (χ4n) is 1.90. The van der Waals surface area contributed by atoms with Crippen LogP contribution in [0.15, 0.2) is 0 Å². The molecule has 1 aliphatic rings. The maximum Gasteiger partial charge on any atom is 0.279 e. The van der Waals surface area contributed by atoms with E-state index in [0.717, 1.165) is 13.1 Å². The van der Waals surface area contributed by atoms with E-state index in [0.29, 0.717) is 38.1 Å². The monoisotopic (exact) mass is 278 g/mol. The van der Waals surface area contributed by atoms with Gasteiger partial charge in [0.15, 0.2) is 0 Å². The number of hydrogen-bond donors (Lipinski definition) is 2. The molecule has 0 aliphatic carbocycles. The van der Waals surface area contributed by atoms with Crippen molar-refractivity contribution in [2.24, 2.45) is 11.7 Å². The minimum absolute atomic E-state index is 0.318. The molecule has 18 heavy (non-hydrogen) atoms. The summed E-state index contributed by atoms with van der Waals surface area (Å²) < 4.78 is 28.2. The van der Waals surface area contributed by atoms with Crippen LogP contribution in [0.3, 0.4) is 0 Å². The van der Waals surface area contributed by atoms with Gasteiger partial charge in [0, 0.05) is 45.3 Å². The predicted octanol–water partition coefficient (Wildman–Crippen LogP) is -0.558. The number of rotatable bonds is 6. The van der Waals surface area contributed by atoms with Gasteiger partial charge in [0.05, 0.1) is 0 Å². The molecule has 1 rings (SSSR count). The van der Waals surface area contributed by atoms with Crippen molar-refractivity contribution in [3.63, 3.8) is 0 Å². The molecule has 6 nitrogen and oxygen atoms in total. The average Bonchev–Trinajstić information content (AvgIpc) is 2.36. The van der Waals surface area contributed by atoms with Crippen molar-refractivity contribution in [3.05, 3.63) is 0 Å². The Bertz CT molecular complexity index is 337. The summed E-state index contributed by atoms with van der Waals surface area (Å²) in [6.07, 6.45) is 0. The zero-order valence-electron chi connectivity index (χ0n) is 11.6. The van der Waals surface area contributed by atoms with E-state index in [4.69, 9.17) is 5.73 Å². The molecule has 108 valence electrons. The SMILES string of the molecule is CC(C)CNS(=O)(=O)N1CCN(C(C)CN)CC1. The van der Waals surface area contributed by atoms with Crippen LogP contribution in [0.2, 0.25) is 0 Å². The Morgan fingerprint density at radius 3 is 2.17 bits per heavy atom. The Morgan fingerprint density at radius 1 is 1.17 bits per heavy atom. The van der Waals surface area contributed by atoms with Crippen molar-refractivity contribution in [1.29, 1.82) is 0 Å². The second-order valence-corrected chi connectivity index (χ2v) is 7.02. The van der Waals surface area contributed by atoms with Crippen LogP contribution in [-0.2, 0) is 10.2 Å². The second-order valence-electron chi connectivity index (χ2n) is 5.27.